The molecule has 7 heteroatoms. The molecule has 0 aromatic carbocycles. The number of nitro groups is 1. The Kier molecular flexibility index (Phi) is 3.63. The van der Waals surface area contributed by atoms with Crippen molar-refractivity contribution >= 4 is 22.2 Å². The third kappa shape index (κ3) is 2.23. The van der Waals surface area contributed by atoms with E-state index in [0.29, 0.717) is 13.0 Å². The lowest BCUT2D eigenvalue weighted by atomic mass is 10.1. The number of nitrogens with two attached hydrogens (primary N) is 1. The highest BCUT2D eigenvalue weighted by Gasteiger charge is 2.39. The van der Waals surface area contributed by atoms with Crippen molar-refractivity contribution in [1.82, 2.24) is 4.90 Å². The molecule has 0 radical (unpaired) electrons. The highest BCUT2D eigenvalue weighted by Crippen LogP contribution is 2.38. The van der Waals surface area contributed by atoms with Crippen LogP contribution in [-0.4, -0.2) is 28.3 Å². The molecule has 1 saturated heterocycles. The van der Waals surface area contributed by atoms with Crippen molar-refractivity contribution in [3.8, 4) is 0 Å². The van der Waals surface area contributed by atoms with Gasteiger partial charge >= 0.3 is 5.00 Å². The number of amides is 1. The molecule has 0 aliphatic carbocycles. The normalized spacial score (nSPS) is 23.7. The lowest BCUT2D eigenvalue weighted by Crippen LogP contribution is -2.33. The topological polar surface area (TPSA) is 89.5 Å². The van der Waals surface area contributed by atoms with Crippen molar-refractivity contribution in [2.75, 3.05) is 6.54 Å². The molecule has 0 saturated carbocycles. The zero-order chi connectivity index (χ0) is 13.3. The second-order valence-electron chi connectivity index (χ2n) is 4.33. The number of nitrogens with zero attached hydrogens (tertiary/aromatic N) is 2. The van der Waals surface area contributed by atoms with Gasteiger partial charge in [0.25, 0.3) is 0 Å². The van der Waals surface area contributed by atoms with Crippen molar-refractivity contribution in [3.05, 3.63) is 27.1 Å². The minimum absolute atomic E-state index is 0.0328. The average molecular weight is 269 g/mol. The van der Waals surface area contributed by atoms with E-state index in [0.717, 1.165) is 22.6 Å². The molecule has 1 amide bonds. The second-order valence-corrected chi connectivity index (χ2v) is 5.43. The summed E-state index contributed by atoms with van der Waals surface area (Å²) in [7, 11) is 0. The van der Waals surface area contributed by atoms with Crippen LogP contribution in [0.3, 0.4) is 0 Å². The Hall–Kier alpha value is -1.47. The molecule has 2 atom stereocenters. The minimum atomic E-state index is -0.416. The summed E-state index contributed by atoms with van der Waals surface area (Å²) in [5.74, 6) is 0.0328. The third-order valence-electron chi connectivity index (χ3n) is 3.02. The predicted molar refractivity (Wildman–Crippen MR) is 68.3 cm³/mol. The maximum absolute atomic E-state index is 11.8. The first-order chi connectivity index (χ1) is 8.54. The molecule has 0 spiro atoms. The summed E-state index contributed by atoms with van der Waals surface area (Å²) >= 11 is 1.10. The Labute approximate surface area is 109 Å². The summed E-state index contributed by atoms with van der Waals surface area (Å²) in [5.41, 5.74) is 5.98. The molecule has 6 nitrogen and oxygen atoms in total. The Morgan fingerprint density at radius 3 is 2.89 bits per heavy atom. The van der Waals surface area contributed by atoms with Crippen molar-refractivity contribution < 1.29 is 9.72 Å². The van der Waals surface area contributed by atoms with E-state index in [2.05, 4.69) is 0 Å². The maximum atomic E-state index is 11.8. The zero-order valence-electron chi connectivity index (χ0n) is 10.0. The van der Waals surface area contributed by atoms with Crippen LogP contribution in [0.4, 0.5) is 5.00 Å². The van der Waals surface area contributed by atoms with Gasteiger partial charge in [0.15, 0.2) is 0 Å². The second kappa shape index (κ2) is 5.03. The summed E-state index contributed by atoms with van der Waals surface area (Å²) in [6.07, 6.45) is 1.17. The molecule has 2 rings (SSSR count). The summed E-state index contributed by atoms with van der Waals surface area (Å²) < 4.78 is 0. The predicted octanol–water partition coefficient (Wildman–Crippen LogP) is 1.67. The minimum Gasteiger partial charge on any atom is -0.333 e. The van der Waals surface area contributed by atoms with Crippen LogP contribution in [0.25, 0.3) is 0 Å². The Morgan fingerprint density at radius 1 is 1.61 bits per heavy atom. The molecule has 2 N–H and O–H groups in total. The Morgan fingerprint density at radius 2 is 2.33 bits per heavy atom. The van der Waals surface area contributed by atoms with Crippen LogP contribution in [0.5, 0.6) is 0 Å². The van der Waals surface area contributed by atoms with E-state index in [1.165, 1.54) is 6.07 Å². The van der Waals surface area contributed by atoms with E-state index < -0.39 is 4.92 Å². The lowest BCUT2D eigenvalue weighted by molar-refractivity contribution is -0.380. The van der Waals surface area contributed by atoms with Gasteiger partial charge in [0, 0.05) is 30.0 Å². The van der Waals surface area contributed by atoms with Gasteiger partial charge in [-0.3, -0.25) is 14.9 Å². The van der Waals surface area contributed by atoms with Crippen LogP contribution in [-0.2, 0) is 4.79 Å². The van der Waals surface area contributed by atoms with Gasteiger partial charge in [0.1, 0.15) is 0 Å². The molecule has 1 aliphatic heterocycles. The largest absolute Gasteiger partial charge is 0.333 e. The number of rotatable bonds is 4. The van der Waals surface area contributed by atoms with Crippen molar-refractivity contribution in [3.63, 3.8) is 0 Å². The van der Waals surface area contributed by atoms with Gasteiger partial charge in [-0.05, 0) is 12.5 Å². The number of carbonyl (C=O) groups excluding carboxylic acids is 1. The first-order valence-corrected chi connectivity index (χ1v) is 6.65. The molecular weight excluding hydrogens is 254 g/mol. The van der Waals surface area contributed by atoms with Gasteiger partial charge in [-0.15, -0.1) is 0 Å². The van der Waals surface area contributed by atoms with Gasteiger partial charge in [0.05, 0.1) is 11.0 Å². The number of likely N-dealkylation sites (tertiary alicyclic amines) is 1. The lowest BCUT2D eigenvalue weighted by Gasteiger charge is -2.25. The van der Waals surface area contributed by atoms with Crippen LogP contribution >= 0.6 is 11.3 Å². The standard InChI is InChI=1S/C11H15N3O3S/c1-2-5-13-9(15)6-7(12)11(13)8-3-4-10(18-8)14(16)17/h3-4,7,11H,2,5-6,12H2,1H3. The quantitative estimate of drug-likeness (QED) is 0.665. The molecule has 98 valence electrons. The molecule has 1 fully saturated rings. The molecule has 1 aliphatic rings. The molecule has 2 heterocycles. The molecular formula is C11H15N3O3S. The number of thiophene rings is 1. The molecule has 18 heavy (non-hydrogen) atoms. The van der Waals surface area contributed by atoms with Crippen LogP contribution in [0, 0.1) is 10.1 Å². The summed E-state index contributed by atoms with van der Waals surface area (Å²) in [6, 6.07) is 2.69. The number of carbonyl (C=O) groups is 1. The first kappa shape index (κ1) is 13.0. The van der Waals surface area contributed by atoms with Crippen molar-refractivity contribution in [2.45, 2.75) is 31.8 Å². The van der Waals surface area contributed by atoms with Gasteiger partial charge in [-0.1, -0.05) is 18.3 Å². The van der Waals surface area contributed by atoms with E-state index in [-0.39, 0.29) is 23.0 Å². The zero-order valence-corrected chi connectivity index (χ0v) is 10.9. The highest BCUT2D eigenvalue weighted by atomic mass is 32.1. The van der Waals surface area contributed by atoms with E-state index in [1.807, 2.05) is 6.92 Å². The number of hydrogen-bond acceptors (Lipinski definition) is 5. The summed E-state index contributed by atoms with van der Waals surface area (Å²) in [6.45, 7) is 2.63. The molecule has 1 aromatic heterocycles. The fourth-order valence-corrected chi connectivity index (χ4v) is 3.30. The average Bonchev–Trinajstić information content (AvgIpc) is 2.86. The van der Waals surface area contributed by atoms with E-state index in [1.54, 1.807) is 11.0 Å². The van der Waals surface area contributed by atoms with Crippen LogP contribution < -0.4 is 5.73 Å². The molecule has 0 bridgehead atoms. The Bertz CT molecular complexity index is 474. The van der Waals surface area contributed by atoms with E-state index in [4.69, 9.17) is 5.73 Å². The first-order valence-electron chi connectivity index (χ1n) is 5.83. The molecule has 1 aromatic rings. The number of hydrogen-bond donors (Lipinski definition) is 1. The van der Waals surface area contributed by atoms with Crippen LogP contribution in [0.15, 0.2) is 12.1 Å². The summed E-state index contributed by atoms with van der Waals surface area (Å²) in [4.78, 5) is 24.6. The Balaban J connectivity index is 2.28. The smallest absolute Gasteiger partial charge is 0.324 e. The van der Waals surface area contributed by atoms with Crippen LogP contribution in [0.2, 0.25) is 0 Å². The third-order valence-corrected chi connectivity index (χ3v) is 4.13. The molecule has 2 unspecified atom stereocenters. The van der Waals surface area contributed by atoms with Gasteiger partial charge in [0.2, 0.25) is 5.91 Å². The van der Waals surface area contributed by atoms with Crippen molar-refractivity contribution in [2.24, 2.45) is 5.73 Å². The maximum Gasteiger partial charge on any atom is 0.324 e. The van der Waals surface area contributed by atoms with Gasteiger partial charge < -0.3 is 10.6 Å². The van der Waals surface area contributed by atoms with E-state index >= 15 is 0 Å². The van der Waals surface area contributed by atoms with Crippen molar-refractivity contribution in [1.29, 1.82) is 0 Å². The fraction of sp³-hybridized carbons (Fsp3) is 0.545. The highest BCUT2D eigenvalue weighted by molar-refractivity contribution is 7.15. The SMILES string of the molecule is CCCN1C(=O)CC(N)C1c1ccc([N+](=O)[O-])s1. The van der Waals surface area contributed by atoms with E-state index in [9.17, 15) is 14.9 Å². The fourth-order valence-electron chi connectivity index (χ4n) is 2.29. The van der Waals surface area contributed by atoms with Crippen LogP contribution in [0.1, 0.15) is 30.7 Å². The van der Waals surface area contributed by atoms with Gasteiger partial charge in [-0.25, -0.2) is 0 Å². The monoisotopic (exact) mass is 269 g/mol. The van der Waals surface area contributed by atoms with Gasteiger partial charge in [-0.2, -0.15) is 0 Å². The summed E-state index contributed by atoms with van der Waals surface area (Å²) in [5, 5.41) is 10.8.